The molecule has 1 fully saturated rings. The van der Waals surface area contributed by atoms with Crippen LogP contribution in [0.25, 0.3) is 0 Å². The zero-order chi connectivity index (χ0) is 13.7. The van der Waals surface area contributed by atoms with Crippen LogP contribution in [0.5, 0.6) is 0 Å². The first-order chi connectivity index (χ1) is 9.20. The van der Waals surface area contributed by atoms with Gasteiger partial charge in [0.1, 0.15) is 0 Å². The molecular formula is C16H26BrNS. The number of nitrogens with one attached hydrogen (secondary N) is 1. The summed E-state index contributed by atoms with van der Waals surface area (Å²) in [6.45, 7) is 5.80. The van der Waals surface area contributed by atoms with Gasteiger partial charge in [0, 0.05) is 10.9 Å². The minimum absolute atomic E-state index is 0.547. The summed E-state index contributed by atoms with van der Waals surface area (Å²) >= 11 is 5.48. The lowest BCUT2D eigenvalue weighted by Crippen LogP contribution is -2.45. The van der Waals surface area contributed by atoms with Crippen molar-refractivity contribution < 1.29 is 0 Å². The fourth-order valence-corrected chi connectivity index (χ4v) is 5.04. The number of hydrogen-bond acceptors (Lipinski definition) is 2. The highest BCUT2D eigenvalue weighted by atomic mass is 79.9. The summed E-state index contributed by atoms with van der Waals surface area (Å²) in [5.41, 5.74) is 0.547. The van der Waals surface area contributed by atoms with Crippen molar-refractivity contribution in [1.29, 1.82) is 0 Å². The molecule has 3 heteroatoms. The maximum atomic E-state index is 3.85. The highest BCUT2D eigenvalue weighted by Gasteiger charge is 2.39. The largest absolute Gasteiger partial charge is 0.313 e. The molecule has 0 aliphatic heterocycles. The van der Waals surface area contributed by atoms with Crippen LogP contribution in [0.15, 0.2) is 15.9 Å². The smallest absolute Gasteiger partial charge is 0.0701 e. The van der Waals surface area contributed by atoms with Crippen molar-refractivity contribution in [3.63, 3.8) is 0 Å². The molecule has 1 saturated carbocycles. The summed E-state index contributed by atoms with van der Waals surface area (Å²) in [6, 6.07) is 5.13. The molecule has 1 aliphatic rings. The molecular weight excluding hydrogens is 318 g/mol. The maximum absolute atomic E-state index is 3.85. The average Bonchev–Trinajstić information content (AvgIpc) is 3.04. The van der Waals surface area contributed by atoms with Crippen molar-refractivity contribution in [2.24, 2.45) is 5.41 Å². The molecule has 1 aromatic heterocycles. The van der Waals surface area contributed by atoms with Crippen LogP contribution in [0.1, 0.15) is 57.2 Å². The summed E-state index contributed by atoms with van der Waals surface area (Å²) in [7, 11) is 0. The summed E-state index contributed by atoms with van der Waals surface area (Å²) in [6.07, 6.45) is 9.42. The van der Waals surface area contributed by atoms with Crippen LogP contribution in [-0.4, -0.2) is 12.6 Å². The first-order valence-electron chi connectivity index (χ1n) is 7.68. The van der Waals surface area contributed by atoms with E-state index in [9.17, 15) is 0 Å². The van der Waals surface area contributed by atoms with Crippen LogP contribution >= 0.6 is 27.3 Å². The first-order valence-corrected chi connectivity index (χ1v) is 9.28. The number of rotatable bonds is 7. The molecule has 1 unspecified atom stereocenters. The lowest BCUT2D eigenvalue weighted by atomic mass is 9.74. The van der Waals surface area contributed by atoms with E-state index in [1.165, 1.54) is 53.6 Å². The number of hydrogen-bond donors (Lipinski definition) is 1. The molecule has 1 nitrogen and oxygen atoms in total. The molecule has 0 bridgehead atoms. The fourth-order valence-electron chi connectivity index (χ4n) is 3.51. The molecule has 0 aromatic carbocycles. The van der Waals surface area contributed by atoms with Gasteiger partial charge in [0.05, 0.1) is 3.79 Å². The Balaban J connectivity index is 2.10. The van der Waals surface area contributed by atoms with E-state index in [4.69, 9.17) is 0 Å². The van der Waals surface area contributed by atoms with Crippen LogP contribution in [-0.2, 0) is 6.42 Å². The maximum Gasteiger partial charge on any atom is 0.0701 e. The first kappa shape index (κ1) is 15.5. The van der Waals surface area contributed by atoms with Crippen molar-refractivity contribution in [3.05, 3.63) is 20.8 Å². The van der Waals surface area contributed by atoms with Crippen LogP contribution in [0.3, 0.4) is 0 Å². The summed E-state index contributed by atoms with van der Waals surface area (Å²) in [5.74, 6) is 0. The summed E-state index contributed by atoms with van der Waals surface area (Å²) in [5, 5.41) is 3.85. The van der Waals surface area contributed by atoms with Crippen molar-refractivity contribution in [3.8, 4) is 0 Å². The molecule has 19 heavy (non-hydrogen) atoms. The van der Waals surface area contributed by atoms with Gasteiger partial charge in [-0.25, -0.2) is 0 Å². The van der Waals surface area contributed by atoms with Crippen molar-refractivity contribution in [1.82, 2.24) is 5.32 Å². The Morgan fingerprint density at radius 1 is 1.32 bits per heavy atom. The third-order valence-corrected chi connectivity index (χ3v) is 6.36. The van der Waals surface area contributed by atoms with E-state index in [0.29, 0.717) is 11.5 Å². The van der Waals surface area contributed by atoms with Gasteiger partial charge >= 0.3 is 0 Å². The van der Waals surface area contributed by atoms with Gasteiger partial charge in [0.2, 0.25) is 0 Å². The van der Waals surface area contributed by atoms with Crippen molar-refractivity contribution >= 4 is 27.3 Å². The van der Waals surface area contributed by atoms with Gasteiger partial charge < -0.3 is 5.32 Å². The standard InChI is InChI=1S/C16H26BrNS/c1-3-11-18-14(12-13-7-8-15(17)19-13)16(4-2)9-5-6-10-16/h7-8,14,18H,3-6,9-12H2,1-2H3. The molecule has 1 atom stereocenters. The topological polar surface area (TPSA) is 12.0 Å². The monoisotopic (exact) mass is 343 g/mol. The number of thiophene rings is 1. The van der Waals surface area contributed by atoms with Gasteiger partial charge in [-0.2, -0.15) is 0 Å². The highest BCUT2D eigenvalue weighted by molar-refractivity contribution is 9.11. The van der Waals surface area contributed by atoms with Crippen LogP contribution in [0.4, 0.5) is 0 Å². The van der Waals surface area contributed by atoms with E-state index < -0.39 is 0 Å². The Hall–Kier alpha value is 0.140. The molecule has 0 saturated heterocycles. The minimum Gasteiger partial charge on any atom is -0.313 e. The molecule has 108 valence electrons. The Bertz CT molecular complexity index is 382. The molecule has 1 heterocycles. The molecule has 0 radical (unpaired) electrons. The van der Waals surface area contributed by atoms with E-state index >= 15 is 0 Å². The lowest BCUT2D eigenvalue weighted by molar-refractivity contribution is 0.185. The second-order valence-corrected chi connectivity index (χ2v) is 8.39. The van der Waals surface area contributed by atoms with Crippen molar-refractivity contribution in [2.45, 2.75) is 64.8 Å². The van der Waals surface area contributed by atoms with E-state index in [-0.39, 0.29) is 0 Å². The van der Waals surface area contributed by atoms with Gasteiger partial charge in [-0.05, 0) is 72.1 Å². The Morgan fingerprint density at radius 2 is 2.05 bits per heavy atom. The molecule has 1 aliphatic carbocycles. The molecule has 1 N–H and O–H groups in total. The zero-order valence-electron chi connectivity index (χ0n) is 12.2. The summed E-state index contributed by atoms with van der Waals surface area (Å²) in [4.78, 5) is 1.51. The minimum atomic E-state index is 0.547. The van der Waals surface area contributed by atoms with E-state index in [1.807, 2.05) is 11.3 Å². The lowest BCUT2D eigenvalue weighted by Gasteiger charge is -2.37. The van der Waals surface area contributed by atoms with Crippen LogP contribution < -0.4 is 5.32 Å². The molecule has 2 rings (SSSR count). The molecule has 0 spiro atoms. The second-order valence-electron chi connectivity index (χ2n) is 5.84. The predicted octanol–water partition coefficient (Wildman–Crippen LogP) is 5.39. The van der Waals surface area contributed by atoms with E-state index in [1.54, 1.807) is 0 Å². The third-order valence-electron chi connectivity index (χ3n) is 4.72. The predicted molar refractivity (Wildman–Crippen MR) is 89.0 cm³/mol. The quantitative estimate of drug-likeness (QED) is 0.699. The van der Waals surface area contributed by atoms with Crippen LogP contribution in [0.2, 0.25) is 0 Å². The van der Waals surface area contributed by atoms with Gasteiger partial charge in [0.25, 0.3) is 0 Å². The fraction of sp³-hybridized carbons (Fsp3) is 0.750. The normalized spacial score (nSPS) is 19.7. The highest BCUT2D eigenvalue weighted by Crippen LogP contribution is 2.45. The van der Waals surface area contributed by atoms with Gasteiger partial charge in [-0.1, -0.05) is 26.7 Å². The van der Waals surface area contributed by atoms with E-state index in [0.717, 1.165) is 6.54 Å². The summed E-state index contributed by atoms with van der Waals surface area (Å²) < 4.78 is 1.26. The van der Waals surface area contributed by atoms with Crippen LogP contribution in [0, 0.1) is 5.41 Å². The molecule has 0 amide bonds. The molecule has 1 aromatic rings. The SMILES string of the molecule is CCCNC(Cc1ccc(Br)s1)C1(CC)CCCC1. The van der Waals surface area contributed by atoms with E-state index in [2.05, 4.69) is 47.2 Å². The second kappa shape index (κ2) is 7.24. The van der Waals surface area contributed by atoms with Crippen molar-refractivity contribution in [2.75, 3.05) is 6.54 Å². The average molecular weight is 344 g/mol. The van der Waals surface area contributed by atoms with Gasteiger partial charge in [-0.3, -0.25) is 0 Å². The van der Waals surface area contributed by atoms with Gasteiger partial charge in [-0.15, -0.1) is 11.3 Å². The number of halogens is 1. The third kappa shape index (κ3) is 3.83. The van der Waals surface area contributed by atoms with Gasteiger partial charge in [0.15, 0.2) is 0 Å². The Labute approximate surface area is 130 Å². The Kier molecular flexibility index (Phi) is 5.91. The Morgan fingerprint density at radius 3 is 2.58 bits per heavy atom. The zero-order valence-corrected chi connectivity index (χ0v) is 14.6.